The van der Waals surface area contributed by atoms with Crippen molar-refractivity contribution in [1.82, 2.24) is 0 Å². The topological polar surface area (TPSA) is 38.0 Å². The molecule has 94 valence electrons. The van der Waals surface area contributed by atoms with Gasteiger partial charge in [-0.05, 0) is 49.9 Å². The van der Waals surface area contributed by atoms with Crippen LogP contribution in [0.5, 0.6) is 0 Å². The summed E-state index contributed by atoms with van der Waals surface area (Å²) in [6.07, 6.45) is 5.16. The van der Waals surface area contributed by atoms with Crippen LogP contribution in [0, 0.1) is 12.8 Å². The molecule has 1 aliphatic carbocycles. The smallest absolute Gasteiger partial charge is 0.0353 e. The third kappa shape index (κ3) is 3.23. The van der Waals surface area contributed by atoms with E-state index in [2.05, 4.69) is 46.4 Å². The molecule has 3 N–H and O–H groups in total. The Morgan fingerprint density at radius 1 is 1.35 bits per heavy atom. The molecule has 0 bridgehead atoms. The lowest BCUT2D eigenvalue weighted by Gasteiger charge is -2.32. The molecule has 2 atom stereocenters. The lowest BCUT2D eigenvalue weighted by Crippen LogP contribution is -2.36. The van der Waals surface area contributed by atoms with Crippen LogP contribution in [0.4, 0.5) is 5.69 Å². The van der Waals surface area contributed by atoms with Crippen LogP contribution in [0.25, 0.3) is 0 Å². The highest BCUT2D eigenvalue weighted by Crippen LogP contribution is 2.28. The summed E-state index contributed by atoms with van der Waals surface area (Å²) < 4.78 is 1.17. The highest BCUT2D eigenvalue weighted by molar-refractivity contribution is 9.10. The Morgan fingerprint density at radius 2 is 2.12 bits per heavy atom. The predicted molar refractivity (Wildman–Crippen MR) is 77.3 cm³/mol. The van der Waals surface area contributed by atoms with Gasteiger partial charge in [0.05, 0.1) is 0 Å². The van der Waals surface area contributed by atoms with Gasteiger partial charge >= 0.3 is 0 Å². The number of hydrogen-bond donors (Lipinski definition) is 2. The maximum absolute atomic E-state index is 5.85. The first-order valence-corrected chi connectivity index (χ1v) is 7.23. The standard InChI is InChI=1S/C14H21BrN2/c1-10-6-7-12(8-13(10)15)17-14-5-3-2-4-11(14)9-16/h6-8,11,14,17H,2-5,9,16H2,1H3. The molecule has 2 nitrogen and oxygen atoms in total. The van der Waals surface area contributed by atoms with Gasteiger partial charge < -0.3 is 11.1 Å². The van der Waals surface area contributed by atoms with Crippen molar-refractivity contribution in [3.8, 4) is 0 Å². The average molecular weight is 297 g/mol. The van der Waals surface area contributed by atoms with Crippen molar-refractivity contribution < 1.29 is 0 Å². The Labute approximate surface area is 112 Å². The van der Waals surface area contributed by atoms with Crippen molar-refractivity contribution in [2.45, 2.75) is 38.6 Å². The zero-order valence-electron chi connectivity index (χ0n) is 10.4. The van der Waals surface area contributed by atoms with Crippen molar-refractivity contribution in [1.29, 1.82) is 0 Å². The summed E-state index contributed by atoms with van der Waals surface area (Å²) in [7, 11) is 0. The van der Waals surface area contributed by atoms with Gasteiger partial charge in [-0.15, -0.1) is 0 Å². The summed E-state index contributed by atoms with van der Waals surface area (Å²) in [5, 5.41) is 3.64. The summed E-state index contributed by atoms with van der Waals surface area (Å²) >= 11 is 3.58. The SMILES string of the molecule is Cc1ccc(NC2CCCCC2CN)cc1Br. The minimum Gasteiger partial charge on any atom is -0.382 e. The van der Waals surface area contributed by atoms with Gasteiger partial charge in [-0.25, -0.2) is 0 Å². The number of nitrogens with two attached hydrogens (primary N) is 1. The molecule has 17 heavy (non-hydrogen) atoms. The molecule has 2 unspecified atom stereocenters. The van der Waals surface area contributed by atoms with E-state index in [0.717, 1.165) is 6.54 Å². The Kier molecular flexibility index (Phi) is 4.46. The largest absolute Gasteiger partial charge is 0.382 e. The van der Waals surface area contributed by atoms with E-state index in [1.807, 2.05) is 0 Å². The van der Waals surface area contributed by atoms with Gasteiger partial charge in [-0.1, -0.05) is 34.8 Å². The average Bonchev–Trinajstić information content (AvgIpc) is 2.34. The van der Waals surface area contributed by atoms with Gasteiger partial charge in [0.1, 0.15) is 0 Å². The minimum absolute atomic E-state index is 0.545. The van der Waals surface area contributed by atoms with Crippen LogP contribution >= 0.6 is 15.9 Å². The van der Waals surface area contributed by atoms with Gasteiger partial charge in [-0.3, -0.25) is 0 Å². The zero-order chi connectivity index (χ0) is 12.3. The van der Waals surface area contributed by atoms with Crippen LogP contribution < -0.4 is 11.1 Å². The Balaban J connectivity index is 2.05. The number of rotatable bonds is 3. The predicted octanol–water partition coefficient (Wildman–Crippen LogP) is 3.69. The summed E-state index contributed by atoms with van der Waals surface area (Å²) in [5.74, 6) is 0.629. The lowest BCUT2D eigenvalue weighted by atomic mass is 9.84. The van der Waals surface area contributed by atoms with E-state index < -0.39 is 0 Å². The lowest BCUT2D eigenvalue weighted by molar-refractivity contribution is 0.332. The number of aryl methyl sites for hydroxylation is 1. The molecule has 1 aromatic carbocycles. The molecule has 0 aliphatic heterocycles. The number of nitrogens with one attached hydrogen (secondary N) is 1. The van der Waals surface area contributed by atoms with Gasteiger partial charge in [0.25, 0.3) is 0 Å². The van der Waals surface area contributed by atoms with Crippen LogP contribution in [0.3, 0.4) is 0 Å². The molecule has 0 saturated heterocycles. The van der Waals surface area contributed by atoms with E-state index in [4.69, 9.17) is 5.73 Å². The van der Waals surface area contributed by atoms with E-state index in [-0.39, 0.29) is 0 Å². The molecule has 0 spiro atoms. The second-order valence-electron chi connectivity index (χ2n) is 5.00. The zero-order valence-corrected chi connectivity index (χ0v) is 12.0. The highest BCUT2D eigenvalue weighted by atomic mass is 79.9. The summed E-state index contributed by atoms with van der Waals surface area (Å²) in [5.41, 5.74) is 8.33. The first kappa shape index (κ1) is 12.9. The van der Waals surface area contributed by atoms with Gasteiger partial charge in [0, 0.05) is 16.2 Å². The molecule has 0 radical (unpaired) electrons. The Morgan fingerprint density at radius 3 is 2.82 bits per heavy atom. The van der Waals surface area contributed by atoms with Gasteiger partial charge in [0.15, 0.2) is 0 Å². The number of halogens is 1. The van der Waals surface area contributed by atoms with Crippen molar-refractivity contribution >= 4 is 21.6 Å². The first-order chi connectivity index (χ1) is 8.20. The van der Waals surface area contributed by atoms with Gasteiger partial charge in [0.2, 0.25) is 0 Å². The molecule has 1 aliphatic rings. The van der Waals surface area contributed by atoms with Crippen LogP contribution in [-0.2, 0) is 0 Å². The normalized spacial score (nSPS) is 24.6. The van der Waals surface area contributed by atoms with E-state index in [0.29, 0.717) is 12.0 Å². The van der Waals surface area contributed by atoms with E-state index in [1.54, 1.807) is 0 Å². The van der Waals surface area contributed by atoms with Crippen LogP contribution in [-0.4, -0.2) is 12.6 Å². The third-order valence-electron chi connectivity index (χ3n) is 3.74. The molecule has 0 heterocycles. The Hall–Kier alpha value is -0.540. The van der Waals surface area contributed by atoms with Crippen molar-refractivity contribution in [3.05, 3.63) is 28.2 Å². The van der Waals surface area contributed by atoms with Crippen molar-refractivity contribution in [3.63, 3.8) is 0 Å². The Bertz CT molecular complexity index is 378. The van der Waals surface area contributed by atoms with Crippen LogP contribution in [0.15, 0.2) is 22.7 Å². The van der Waals surface area contributed by atoms with Crippen molar-refractivity contribution in [2.75, 3.05) is 11.9 Å². The molecule has 1 saturated carbocycles. The fraction of sp³-hybridized carbons (Fsp3) is 0.571. The minimum atomic E-state index is 0.545. The fourth-order valence-electron chi connectivity index (χ4n) is 2.58. The summed E-state index contributed by atoms with van der Waals surface area (Å²) in [6.45, 7) is 2.90. The molecule has 0 amide bonds. The van der Waals surface area contributed by atoms with Crippen molar-refractivity contribution in [2.24, 2.45) is 11.7 Å². The third-order valence-corrected chi connectivity index (χ3v) is 4.59. The summed E-state index contributed by atoms with van der Waals surface area (Å²) in [6, 6.07) is 7.01. The monoisotopic (exact) mass is 296 g/mol. The molecule has 1 fully saturated rings. The molecule has 3 heteroatoms. The highest BCUT2D eigenvalue weighted by Gasteiger charge is 2.23. The quantitative estimate of drug-likeness (QED) is 0.893. The second kappa shape index (κ2) is 5.87. The molecular formula is C14H21BrN2. The summed E-state index contributed by atoms with van der Waals surface area (Å²) in [4.78, 5) is 0. The number of anilines is 1. The molecule has 0 aromatic heterocycles. The van der Waals surface area contributed by atoms with E-state index in [1.165, 1.54) is 41.4 Å². The second-order valence-corrected chi connectivity index (χ2v) is 5.85. The van der Waals surface area contributed by atoms with E-state index >= 15 is 0 Å². The molecule has 2 rings (SSSR count). The van der Waals surface area contributed by atoms with E-state index in [9.17, 15) is 0 Å². The number of benzene rings is 1. The number of hydrogen-bond acceptors (Lipinski definition) is 2. The maximum atomic E-state index is 5.85. The molecular weight excluding hydrogens is 276 g/mol. The van der Waals surface area contributed by atoms with Crippen LogP contribution in [0.1, 0.15) is 31.2 Å². The molecule has 1 aromatic rings. The fourth-order valence-corrected chi connectivity index (χ4v) is 2.96. The van der Waals surface area contributed by atoms with Crippen LogP contribution in [0.2, 0.25) is 0 Å². The maximum Gasteiger partial charge on any atom is 0.0353 e. The van der Waals surface area contributed by atoms with Gasteiger partial charge in [-0.2, -0.15) is 0 Å². The first-order valence-electron chi connectivity index (χ1n) is 6.43.